The summed E-state index contributed by atoms with van der Waals surface area (Å²) in [4.78, 5) is 0. The number of hydrogen-bond donors (Lipinski definition) is 1. The summed E-state index contributed by atoms with van der Waals surface area (Å²) in [7, 11) is 0. The summed E-state index contributed by atoms with van der Waals surface area (Å²) in [6.07, 6.45) is 1.85. The second kappa shape index (κ2) is 7.15. The van der Waals surface area contributed by atoms with E-state index in [2.05, 4.69) is 40.7 Å². The third-order valence-corrected chi connectivity index (χ3v) is 5.53. The fraction of sp³-hybridized carbons (Fsp3) is 0.556. The first-order chi connectivity index (χ1) is 11.5. The Balaban J connectivity index is 1.55. The molecular weight excluding hydrogens is 322 g/mol. The zero-order valence-corrected chi connectivity index (χ0v) is 15.6. The van der Waals surface area contributed by atoms with Gasteiger partial charge in [-0.25, -0.2) is 0 Å². The molecule has 5 nitrogen and oxygen atoms in total. The van der Waals surface area contributed by atoms with Crippen molar-refractivity contribution in [2.24, 2.45) is 0 Å². The van der Waals surface area contributed by atoms with Crippen molar-refractivity contribution in [2.45, 2.75) is 57.8 Å². The number of nitrogens with zero attached hydrogens (tertiary/aromatic N) is 3. The molecule has 1 aliphatic rings. The number of aromatic nitrogens is 3. The molecule has 1 heterocycles. The highest BCUT2D eigenvalue weighted by Crippen LogP contribution is 2.38. The smallest absolute Gasteiger partial charge is 0.191 e. The van der Waals surface area contributed by atoms with Gasteiger partial charge in [0.2, 0.25) is 0 Å². The molecule has 1 aliphatic carbocycles. The molecule has 1 aromatic carbocycles. The molecule has 0 radical (unpaired) electrons. The van der Waals surface area contributed by atoms with Crippen molar-refractivity contribution in [3.05, 3.63) is 34.6 Å². The van der Waals surface area contributed by atoms with Crippen LogP contribution in [0.15, 0.2) is 17.3 Å². The van der Waals surface area contributed by atoms with E-state index in [1.54, 1.807) is 11.8 Å². The normalized spacial score (nSPS) is 15.5. The quantitative estimate of drug-likeness (QED) is 0.778. The Bertz CT molecular complexity index is 725. The minimum atomic E-state index is -0.543. The van der Waals surface area contributed by atoms with Gasteiger partial charge in [0, 0.05) is 11.8 Å². The van der Waals surface area contributed by atoms with Gasteiger partial charge in [-0.1, -0.05) is 23.9 Å². The third kappa shape index (κ3) is 3.75. The number of aliphatic hydroxyl groups excluding tert-OH is 1. The number of rotatable bonds is 7. The van der Waals surface area contributed by atoms with E-state index >= 15 is 0 Å². The molecule has 0 aliphatic heterocycles. The summed E-state index contributed by atoms with van der Waals surface area (Å²) >= 11 is 1.55. The monoisotopic (exact) mass is 347 g/mol. The maximum absolute atomic E-state index is 10.3. The molecular formula is C18H25N3O2S. The van der Waals surface area contributed by atoms with E-state index in [0.717, 1.165) is 27.9 Å². The van der Waals surface area contributed by atoms with E-state index in [-0.39, 0.29) is 6.61 Å². The number of thioether (sulfide) groups is 1. The van der Waals surface area contributed by atoms with Gasteiger partial charge < -0.3 is 14.4 Å². The van der Waals surface area contributed by atoms with Crippen molar-refractivity contribution < 1.29 is 9.84 Å². The highest BCUT2D eigenvalue weighted by molar-refractivity contribution is 7.99. The lowest BCUT2D eigenvalue weighted by molar-refractivity contribution is 0.125. The van der Waals surface area contributed by atoms with Crippen LogP contribution in [-0.2, 0) is 0 Å². The Morgan fingerprint density at radius 2 is 1.92 bits per heavy atom. The average Bonchev–Trinajstić information content (AvgIpc) is 3.32. The van der Waals surface area contributed by atoms with E-state index in [9.17, 15) is 5.11 Å². The molecule has 1 unspecified atom stereocenters. The van der Waals surface area contributed by atoms with Crippen molar-refractivity contribution >= 4 is 11.8 Å². The van der Waals surface area contributed by atoms with Crippen LogP contribution in [0.4, 0.5) is 0 Å². The summed E-state index contributed by atoms with van der Waals surface area (Å²) in [5.74, 6) is 2.39. The first-order valence-corrected chi connectivity index (χ1v) is 9.38. The molecule has 0 spiro atoms. The van der Waals surface area contributed by atoms with Gasteiger partial charge in [0.25, 0.3) is 0 Å². The van der Waals surface area contributed by atoms with Gasteiger partial charge in [-0.2, -0.15) is 0 Å². The first-order valence-electron chi connectivity index (χ1n) is 8.39. The van der Waals surface area contributed by atoms with Gasteiger partial charge in [-0.15, -0.1) is 10.2 Å². The summed E-state index contributed by atoms with van der Waals surface area (Å²) in [5.41, 5.74) is 3.44. The molecule has 2 aromatic rings. The van der Waals surface area contributed by atoms with E-state index in [0.29, 0.717) is 11.8 Å². The Hall–Kier alpha value is -1.53. The first kappa shape index (κ1) is 17.3. The minimum Gasteiger partial charge on any atom is -0.490 e. The van der Waals surface area contributed by atoms with Crippen molar-refractivity contribution in [1.82, 2.24) is 14.8 Å². The van der Waals surface area contributed by atoms with E-state index in [4.69, 9.17) is 4.74 Å². The van der Waals surface area contributed by atoms with Crippen LogP contribution in [0.1, 0.15) is 41.4 Å². The second-order valence-electron chi connectivity index (χ2n) is 6.56. The van der Waals surface area contributed by atoms with Gasteiger partial charge in [-0.05, 0) is 57.2 Å². The van der Waals surface area contributed by atoms with Crippen LogP contribution in [0.25, 0.3) is 0 Å². The predicted octanol–water partition coefficient (Wildman–Crippen LogP) is 3.38. The Morgan fingerprint density at radius 1 is 1.21 bits per heavy atom. The van der Waals surface area contributed by atoms with Crippen molar-refractivity contribution in [2.75, 3.05) is 12.4 Å². The molecule has 24 heavy (non-hydrogen) atoms. The average molecular weight is 347 g/mol. The SMILES string of the molecule is Cc1ccc(C)c(OCC(O)CSc2nnc(C)n2C2CC2)c1C. The summed E-state index contributed by atoms with van der Waals surface area (Å²) in [6, 6.07) is 4.70. The Kier molecular flexibility index (Phi) is 5.15. The predicted molar refractivity (Wildman–Crippen MR) is 95.9 cm³/mol. The molecule has 1 fully saturated rings. The number of hydrogen-bond acceptors (Lipinski definition) is 5. The van der Waals surface area contributed by atoms with Gasteiger partial charge in [0.15, 0.2) is 5.16 Å². The highest BCUT2D eigenvalue weighted by atomic mass is 32.2. The second-order valence-corrected chi connectivity index (χ2v) is 7.55. The molecule has 1 N–H and O–H groups in total. The minimum absolute atomic E-state index is 0.286. The summed E-state index contributed by atoms with van der Waals surface area (Å²) in [5, 5.41) is 19.6. The molecule has 6 heteroatoms. The number of ether oxygens (including phenoxy) is 1. The van der Waals surface area contributed by atoms with Crippen molar-refractivity contribution in [3.8, 4) is 5.75 Å². The molecule has 1 saturated carbocycles. The van der Waals surface area contributed by atoms with Gasteiger partial charge in [0.1, 0.15) is 18.2 Å². The van der Waals surface area contributed by atoms with Crippen LogP contribution in [0.5, 0.6) is 5.75 Å². The highest BCUT2D eigenvalue weighted by Gasteiger charge is 2.28. The zero-order chi connectivity index (χ0) is 17.3. The van der Waals surface area contributed by atoms with E-state index in [1.165, 1.54) is 18.4 Å². The van der Waals surface area contributed by atoms with Crippen molar-refractivity contribution in [1.29, 1.82) is 0 Å². The third-order valence-electron chi connectivity index (χ3n) is 4.45. The molecule has 3 rings (SSSR count). The molecule has 1 aromatic heterocycles. The molecule has 0 bridgehead atoms. The molecule has 0 amide bonds. The van der Waals surface area contributed by atoms with E-state index in [1.807, 2.05) is 13.8 Å². The van der Waals surface area contributed by atoms with Gasteiger partial charge in [-0.3, -0.25) is 0 Å². The fourth-order valence-corrected chi connectivity index (χ4v) is 3.70. The van der Waals surface area contributed by atoms with Crippen LogP contribution in [0, 0.1) is 27.7 Å². The van der Waals surface area contributed by atoms with Crippen LogP contribution < -0.4 is 4.74 Å². The Morgan fingerprint density at radius 3 is 2.62 bits per heavy atom. The lowest BCUT2D eigenvalue weighted by Crippen LogP contribution is -2.21. The summed E-state index contributed by atoms with van der Waals surface area (Å²) in [6.45, 7) is 8.43. The molecule has 1 atom stereocenters. The van der Waals surface area contributed by atoms with Gasteiger partial charge >= 0.3 is 0 Å². The lowest BCUT2D eigenvalue weighted by Gasteiger charge is -2.16. The maximum atomic E-state index is 10.3. The lowest BCUT2D eigenvalue weighted by atomic mass is 10.1. The van der Waals surface area contributed by atoms with Gasteiger partial charge in [0.05, 0.1) is 6.10 Å². The number of aliphatic hydroxyl groups is 1. The van der Waals surface area contributed by atoms with E-state index < -0.39 is 6.10 Å². The van der Waals surface area contributed by atoms with Crippen LogP contribution in [0.2, 0.25) is 0 Å². The summed E-state index contributed by atoms with van der Waals surface area (Å²) < 4.78 is 8.08. The van der Waals surface area contributed by atoms with Crippen LogP contribution >= 0.6 is 11.8 Å². The largest absolute Gasteiger partial charge is 0.490 e. The van der Waals surface area contributed by atoms with Crippen LogP contribution in [0.3, 0.4) is 0 Å². The van der Waals surface area contributed by atoms with Crippen LogP contribution in [-0.4, -0.2) is 38.3 Å². The zero-order valence-electron chi connectivity index (χ0n) is 14.7. The number of aryl methyl sites for hydroxylation is 3. The number of benzene rings is 1. The maximum Gasteiger partial charge on any atom is 0.191 e. The Labute approximate surface area is 147 Å². The molecule has 130 valence electrons. The fourth-order valence-electron chi connectivity index (χ4n) is 2.75. The standard InChI is InChI=1S/C18H25N3O2S/c1-11-5-6-12(2)17(13(11)3)23-9-16(22)10-24-18-20-19-14(4)21(18)15-7-8-15/h5-6,15-16,22H,7-10H2,1-4H3. The molecule has 0 saturated heterocycles. The van der Waals surface area contributed by atoms with Crippen molar-refractivity contribution in [3.63, 3.8) is 0 Å². The topological polar surface area (TPSA) is 60.2 Å².